The van der Waals surface area contributed by atoms with Crippen LogP contribution in [0.2, 0.25) is 5.02 Å². The van der Waals surface area contributed by atoms with Crippen LogP contribution in [0, 0.1) is 5.82 Å². The second-order valence-corrected chi connectivity index (χ2v) is 3.53. The van der Waals surface area contributed by atoms with Gasteiger partial charge in [0.2, 0.25) is 0 Å². The van der Waals surface area contributed by atoms with Gasteiger partial charge in [-0.25, -0.2) is 4.39 Å². The predicted octanol–water partition coefficient (Wildman–Crippen LogP) is 2.43. The van der Waals surface area contributed by atoms with E-state index in [1.54, 1.807) is 12.1 Å². The van der Waals surface area contributed by atoms with Gasteiger partial charge in [-0.3, -0.25) is 9.97 Å². The average molecular weight is 239 g/mol. The monoisotopic (exact) mass is 238 g/mol. The van der Waals surface area contributed by atoms with Gasteiger partial charge in [0.25, 0.3) is 0 Å². The summed E-state index contributed by atoms with van der Waals surface area (Å²) >= 11 is 5.81. The van der Waals surface area contributed by atoms with Crippen LogP contribution in [0.5, 0.6) is 0 Å². The zero-order valence-corrected chi connectivity index (χ0v) is 8.95. The molecule has 0 aliphatic rings. The molecule has 2 aromatic rings. The van der Waals surface area contributed by atoms with E-state index in [1.807, 2.05) is 0 Å². The van der Waals surface area contributed by atoms with Crippen LogP contribution in [0.3, 0.4) is 0 Å². The molecule has 0 radical (unpaired) electrons. The minimum absolute atomic E-state index is 0.0218. The van der Waals surface area contributed by atoms with E-state index in [9.17, 15) is 4.39 Å². The molecule has 0 unspecified atom stereocenters. The third kappa shape index (κ3) is 2.03. The lowest BCUT2D eigenvalue weighted by atomic mass is 10.1. The standard InChI is InChI=1S/C11H8ClFN2O/c12-11-8(2-1-3-9(11)13)10-5-14-7(6-16)4-15-10/h1-5,16H,6H2. The number of halogens is 2. The van der Waals surface area contributed by atoms with Crippen LogP contribution in [0.15, 0.2) is 30.6 Å². The Morgan fingerprint density at radius 3 is 2.69 bits per heavy atom. The first-order valence-corrected chi connectivity index (χ1v) is 4.96. The van der Waals surface area contributed by atoms with Crippen molar-refractivity contribution in [2.75, 3.05) is 0 Å². The highest BCUT2D eigenvalue weighted by molar-refractivity contribution is 6.33. The number of aliphatic hydroxyl groups is 1. The van der Waals surface area contributed by atoms with E-state index in [0.29, 0.717) is 17.0 Å². The SMILES string of the molecule is OCc1cnc(-c2cccc(F)c2Cl)cn1. The zero-order chi connectivity index (χ0) is 11.5. The van der Waals surface area contributed by atoms with Gasteiger partial charge in [-0.05, 0) is 6.07 Å². The molecule has 0 saturated carbocycles. The molecule has 0 saturated heterocycles. The molecular formula is C11H8ClFN2O. The molecule has 0 amide bonds. The molecule has 0 spiro atoms. The fraction of sp³-hybridized carbons (Fsp3) is 0.0909. The second-order valence-electron chi connectivity index (χ2n) is 3.15. The molecule has 0 aliphatic heterocycles. The van der Waals surface area contributed by atoms with Crippen LogP contribution >= 0.6 is 11.6 Å². The van der Waals surface area contributed by atoms with Crippen molar-refractivity contribution in [1.29, 1.82) is 0 Å². The number of aliphatic hydroxyl groups excluding tert-OH is 1. The number of aromatic nitrogens is 2. The fourth-order valence-corrected chi connectivity index (χ4v) is 1.50. The van der Waals surface area contributed by atoms with Crippen molar-refractivity contribution >= 4 is 11.6 Å². The van der Waals surface area contributed by atoms with Crippen LogP contribution in [0.4, 0.5) is 4.39 Å². The summed E-state index contributed by atoms with van der Waals surface area (Å²) in [7, 11) is 0. The Labute approximate surface area is 96.6 Å². The molecule has 1 aromatic heterocycles. The molecule has 5 heteroatoms. The summed E-state index contributed by atoms with van der Waals surface area (Å²) in [5.74, 6) is -0.493. The maximum atomic E-state index is 13.2. The topological polar surface area (TPSA) is 46.0 Å². The zero-order valence-electron chi connectivity index (χ0n) is 8.19. The van der Waals surface area contributed by atoms with Crippen molar-refractivity contribution in [2.24, 2.45) is 0 Å². The summed E-state index contributed by atoms with van der Waals surface area (Å²) in [5, 5.41) is 8.83. The lowest BCUT2D eigenvalue weighted by Gasteiger charge is -2.04. The van der Waals surface area contributed by atoms with E-state index < -0.39 is 5.82 Å². The Morgan fingerprint density at radius 1 is 1.25 bits per heavy atom. The van der Waals surface area contributed by atoms with Gasteiger partial charge in [0, 0.05) is 5.56 Å². The summed E-state index contributed by atoms with van der Waals surface area (Å²) in [6, 6.07) is 4.49. The quantitative estimate of drug-likeness (QED) is 0.874. The Bertz CT molecular complexity index is 502. The molecule has 2 rings (SSSR count). The van der Waals surface area contributed by atoms with Crippen molar-refractivity contribution in [3.05, 3.63) is 47.1 Å². The van der Waals surface area contributed by atoms with E-state index >= 15 is 0 Å². The average Bonchev–Trinajstić information content (AvgIpc) is 2.33. The van der Waals surface area contributed by atoms with E-state index in [4.69, 9.17) is 16.7 Å². The molecule has 0 atom stereocenters. The molecule has 0 fully saturated rings. The highest BCUT2D eigenvalue weighted by Gasteiger charge is 2.09. The number of rotatable bonds is 2. The maximum absolute atomic E-state index is 13.2. The first-order valence-electron chi connectivity index (χ1n) is 4.58. The molecular weight excluding hydrogens is 231 g/mol. The number of benzene rings is 1. The molecule has 1 N–H and O–H groups in total. The predicted molar refractivity (Wildman–Crippen MR) is 58.4 cm³/mol. The summed E-state index contributed by atoms with van der Waals surface area (Å²) in [5.41, 5.74) is 1.41. The van der Waals surface area contributed by atoms with E-state index in [0.717, 1.165) is 0 Å². The van der Waals surface area contributed by atoms with Crippen molar-refractivity contribution in [3.8, 4) is 11.3 Å². The van der Waals surface area contributed by atoms with Crippen molar-refractivity contribution < 1.29 is 9.50 Å². The molecule has 82 valence electrons. The fourth-order valence-electron chi connectivity index (χ4n) is 1.28. The lowest BCUT2D eigenvalue weighted by molar-refractivity contribution is 0.276. The van der Waals surface area contributed by atoms with Crippen LogP contribution < -0.4 is 0 Å². The van der Waals surface area contributed by atoms with E-state index in [-0.39, 0.29) is 11.6 Å². The number of nitrogens with zero attached hydrogens (tertiary/aromatic N) is 2. The largest absolute Gasteiger partial charge is 0.390 e. The summed E-state index contributed by atoms with van der Waals surface area (Å²) < 4.78 is 13.2. The highest BCUT2D eigenvalue weighted by atomic mass is 35.5. The van der Waals surface area contributed by atoms with E-state index in [2.05, 4.69) is 9.97 Å². The molecule has 1 aromatic carbocycles. The van der Waals surface area contributed by atoms with Gasteiger partial charge < -0.3 is 5.11 Å². The smallest absolute Gasteiger partial charge is 0.142 e. The minimum Gasteiger partial charge on any atom is -0.390 e. The van der Waals surface area contributed by atoms with Gasteiger partial charge in [0.05, 0.1) is 35.4 Å². The molecule has 0 bridgehead atoms. The molecule has 3 nitrogen and oxygen atoms in total. The summed E-state index contributed by atoms with van der Waals surface area (Å²) in [6.07, 6.45) is 2.88. The van der Waals surface area contributed by atoms with Crippen molar-refractivity contribution in [1.82, 2.24) is 9.97 Å². The van der Waals surface area contributed by atoms with Gasteiger partial charge >= 0.3 is 0 Å². The van der Waals surface area contributed by atoms with Gasteiger partial charge in [-0.2, -0.15) is 0 Å². The van der Waals surface area contributed by atoms with Crippen LogP contribution in [-0.4, -0.2) is 15.1 Å². The van der Waals surface area contributed by atoms with Crippen LogP contribution in [0.25, 0.3) is 11.3 Å². The number of hydrogen-bond acceptors (Lipinski definition) is 3. The normalized spacial score (nSPS) is 10.4. The first kappa shape index (κ1) is 11.0. The number of hydrogen-bond donors (Lipinski definition) is 1. The summed E-state index contributed by atoms with van der Waals surface area (Å²) in [6.45, 7) is -0.176. The molecule has 16 heavy (non-hydrogen) atoms. The van der Waals surface area contributed by atoms with Gasteiger partial charge in [0.1, 0.15) is 5.82 Å². The lowest BCUT2D eigenvalue weighted by Crippen LogP contribution is -1.93. The van der Waals surface area contributed by atoms with Crippen molar-refractivity contribution in [2.45, 2.75) is 6.61 Å². The van der Waals surface area contributed by atoms with Crippen molar-refractivity contribution in [3.63, 3.8) is 0 Å². The Balaban J connectivity index is 2.46. The molecule has 1 heterocycles. The minimum atomic E-state index is -0.493. The van der Waals surface area contributed by atoms with Gasteiger partial charge in [-0.1, -0.05) is 23.7 Å². The second kappa shape index (κ2) is 4.55. The third-order valence-electron chi connectivity index (χ3n) is 2.09. The maximum Gasteiger partial charge on any atom is 0.142 e. The third-order valence-corrected chi connectivity index (χ3v) is 2.48. The van der Waals surface area contributed by atoms with Crippen LogP contribution in [0.1, 0.15) is 5.69 Å². The van der Waals surface area contributed by atoms with Gasteiger partial charge in [0.15, 0.2) is 0 Å². The van der Waals surface area contributed by atoms with Crippen LogP contribution in [-0.2, 0) is 6.61 Å². The van der Waals surface area contributed by atoms with E-state index in [1.165, 1.54) is 18.5 Å². The van der Waals surface area contributed by atoms with Gasteiger partial charge in [-0.15, -0.1) is 0 Å². The first-order chi connectivity index (χ1) is 7.72. The Morgan fingerprint density at radius 2 is 2.06 bits per heavy atom. The summed E-state index contributed by atoms with van der Waals surface area (Å²) in [4.78, 5) is 8.00. The Kier molecular flexibility index (Phi) is 3.12. The Hall–Kier alpha value is -1.52. The highest BCUT2D eigenvalue weighted by Crippen LogP contribution is 2.27. The molecule has 0 aliphatic carbocycles.